The number of aromatic nitrogens is 1. The Labute approximate surface area is 186 Å². The van der Waals surface area contributed by atoms with Crippen molar-refractivity contribution >= 4 is 23.5 Å². The lowest BCUT2D eigenvalue weighted by Gasteiger charge is -2.40. The summed E-state index contributed by atoms with van der Waals surface area (Å²) in [5.74, 6) is 0.189. The highest BCUT2D eigenvalue weighted by Crippen LogP contribution is 2.39. The first-order chi connectivity index (χ1) is 14.8. The fourth-order valence-electron chi connectivity index (χ4n) is 4.39. The molecule has 0 unspecified atom stereocenters. The van der Waals surface area contributed by atoms with Gasteiger partial charge in [0.25, 0.3) is 5.56 Å². The van der Waals surface area contributed by atoms with E-state index in [1.807, 2.05) is 31.2 Å². The van der Waals surface area contributed by atoms with Crippen molar-refractivity contribution in [3.63, 3.8) is 0 Å². The Morgan fingerprint density at radius 3 is 2.68 bits per heavy atom. The smallest absolute Gasteiger partial charge is 0.250 e. The van der Waals surface area contributed by atoms with E-state index in [-0.39, 0.29) is 29.9 Å². The average molecular weight is 443 g/mol. The van der Waals surface area contributed by atoms with Crippen LogP contribution in [0.3, 0.4) is 0 Å². The number of aryl methyl sites for hydroxylation is 1. The topological polar surface area (TPSA) is 89.9 Å². The van der Waals surface area contributed by atoms with E-state index in [0.717, 1.165) is 29.5 Å². The molecule has 0 spiro atoms. The van der Waals surface area contributed by atoms with E-state index in [2.05, 4.69) is 0 Å². The van der Waals surface area contributed by atoms with Crippen molar-refractivity contribution in [2.45, 2.75) is 44.2 Å². The molecule has 0 saturated carbocycles. The largest absolute Gasteiger partial charge is 0.381 e. The minimum Gasteiger partial charge on any atom is -0.381 e. The lowest BCUT2D eigenvalue weighted by molar-refractivity contribution is -0.132. The number of benzene rings is 1. The first-order valence-corrected chi connectivity index (χ1v) is 10.8. The number of rotatable bonds is 4. The summed E-state index contributed by atoms with van der Waals surface area (Å²) in [6, 6.07) is 9.26. The number of nitrogens with zero attached hydrogens (tertiary/aromatic N) is 3. The van der Waals surface area contributed by atoms with Crippen LogP contribution >= 0.6 is 11.6 Å². The molecular formula is C23H27ClN4O3. The van der Waals surface area contributed by atoms with Crippen molar-refractivity contribution < 1.29 is 9.53 Å². The highest BCUT2D eigenvalue weighted by Gasteiger charge is 2.41. The normalized spacial score (nSPS) is 22.5. The van der Waals surface area contributed by atoms with Gasteiger partial charge in [-0.3, -0.25) is 14.5 Å². The monoisotopic (exact) mass is 442 g/mol. The number of guanidine groups is 1. The molecular weight excluding hydrogens is 416 g/mol. The molecule has 0 radical (unpaired) electrons. The Balaban J connectivity index is 1.65. The zero-order valence-electron chi connectivity index (χ0n) is 17.8. The zero-order chi connectivity index (χ0) is 22.2. The molecule has 0 bridgehead atoms. The van der Waals surface area contributed by atoms with Gasteiger partial charge in [-0.05, 0) is 48.9 Å². The predicted octanol–water partition coefficient (Wildman–Crippen LogP) is 2.57. The summed E-state index contributed by atoms with van der Waals surface area (Å²) in [7, 11) is 1.71. The number of ether oxygens (including phenoxy) is 1. The summed E-state index contributed by atoms with van der Waals surface area (Å²) in [6.07, 6.45) is 3.96. The summed E-state index contributed by atoms with van der Waals surface area (Å²) in [6.45, 7) is 3.13. The molecule has 1 amide bonds. The van der Waals surface area contributed by atoms with Crippen LogP contribution < -0.4 is 11.3 Å². The van der Waals surface area contributed by atoms with Crippen molar-refractivity contribution in [3.8, 4) is 0 Å². The van der Waals surface area contributed by atoms with E-state index in [1.54, 1.807) is 24.2 Å². The van der Waals surface area contributed by atoms with Gasteiger partial charge in [0.05, 0.1) is 12.0 Å². The number of carbonyl (C=O) groups excluding carboxylic acids is 1. The highest BCUT2D eigenvalue weighted by molar-refractivity contribution is 6.32. The quantitative estimate of drug-likeness (QED) is 0.787. The van der Waals surface area contributed by atoms with Gasteiger partial charge >= 0.3 is 0 Å². The van der Waals surface area contributed by atoms with Gasteiger partial charge in [-0.1, -0.05) is 29.8 Å². The molecule has 1 aromatic carbocycles. The number of amides is 1. The maximum Gasteiger partial charge on any atom is 0.250 e. The van der Waals surface area contributed by atoms with E-state index in [4.69, 9.17) is 27.1 Å². The van der Waals surface area contributed by atoms with Gasteiger partial charge < -0.3 is 15.0 Å². The van der Waals surface area contributed by atoms with Crippen LogP contribution in [0, 0.1) is 0 Å². The molecule has 2 aliphatic heterocycles. The van der Waals surface area contributed by atoms with Crippen LogP contribution in [-0.4, -0.2) is 40.6 Å². The van der Waals surface area contributed by atoms with Crippen LogP contribution in [0.15, 0.2) is 46.3 Å². The molecule has 8 heteroatoms. The van der Waals surface area contributed by atoms with E-state index < -0.39 is 5.54 Å². The number of halogens is 1. The number of pyridine rings is 1. The molecule has 0 aliphatic carbocycles. The molecule has 1 fully saturated rings. The Morgan fingerprint density at radius 2 is 2.00 bits per heavy atom. The first-order valence-electron chi connectivity index (χ1n) is 10.5. The third kappa shape index (κ3) is 4.25. The van der Waals surface area contributed by atoms with E-state index in [9.17, 15) is 9.59 Å². The SMILES string of the molecule is Cn1ccc(Cc2cccc([C@]3(C)CC(=O)N(C4CCOCC4)C(N)=N3)c2Cl)cc1=O. The van der Waals surface area contributed by atoms with Gasteiger partial charge in [0.2, 0.25) is 5.91 Å². The first kappa shape index (κ1) is 21.6. The zero-order valence-corrected chi connectivity index (χ0v) is 18.6. The second-order valence-corrected chi connectivity index (χ2v) is 8.85. The van der Waals surface area contributed by atoms with Crippen molar-refractivity contribution in [1.82, 2.24) is 9.47 Å². The van der Waals surface area contributed by atoms with E-state index in [0.29, 0.717) is 24.7 Å². The maximum absolute atomic E-state index is 13.1. The second-order valence-electron chi connectivity index (χ2n) is 8.47. The number of hydrogen-bond acceptors (Lipinski definition) is 5. The van der Waals surface area contributed by atoms with E-state index >= 15 is 0 Å². The molecule has 4 rings (SSSR count). The summed E-state index contributed by atoms with van der Waals surface area (Å²) < 4.78 is 6.93. The molecule has 2 aromatic rings. The lowest BCUT2D eigenvalue weighted by atomic mass is 9.85. The summed E-state index contributed by atoms with van der Waals surface area (Å²) in [4.78, 5) is 31.4. The van der Waals surface area contributed by atoms with Gasteiger partial charge in [-0.2, -0.15) is 0 Å². The minimum atomic E-state index is -0.844. The Kier molecular flexibility index (Phi) is 5.90. The summed E-state index contributed by atoms with van der Waals surface area (Å²) in [5.41, 5.74) is 7.89. The second kappa shape index (κ2) is 8.48. The maximum atomic E-state index is 13.1. The molecule has 1 saturated heterocycles. The Bertz CT molecular complexity index is 1090. The van der Waals surface area contributed by atoms with Gasteiger partial charge in [0.1, 0.15) is 0 Å². The molecule has 3 heterocycles. The number of hydrogen-bond donors (Lipinski definition) is 1. The van der Waals surface area contributed by atoms with Gasteiger partial charge in [0.15, 0.2) is 5.96 Å². The van der Waals surface area contributed by atoms with Crippen LogP contribution in [0.1, 0.15) is 42.9 Å². The molecule has 7 nitrogen and oxygen atoms in total. The number of carbonyl (C=O) groups is 1. The summed E-state index contributed by atoms with van der Waals surface area (Å²) in [5, 5.41) is 0.551. The van der Waals surface area contributed by atoms with Crippen LogP contribution in [0.25, 0.3) is 0 Å². The van der Waals surface area contributed by atoms with Crippen LogP contribution in [0.5, 0.6) is 0 Å². The standard InChI is InChI=1S/C23H27ClN4O3/c1-23(14-20(30)28(22(25)26-23)17-7-10-31-11-8-17)18-5-3-4-16(21(18)24)12-15-6-9-27(2)19(29)13-15/h3-6,9,13,17H,7-8,10-12,14H2,1-2H3,(H2,25,26)/t23-/m0/s1. The van der Waals surface area contributed by atoms with Gasteiger partial charge in [-0.25, -0.2) is 4.99 Å². The van der Waals surface area contributed by atoms with Crippen LogP contribution in [0.2, 0.25) is 5.02 Å². The average Bonchev–Trinajstić information content (AvgIpc) is 2.72. The number of nitrogens with two attached hydrogens (primary N) is 1. The van der Waals surface area contributed by atoms with Crippen molar-refractivity contribution in [3.05, 3.63) is 68.6 Å². The Morgan fingerprint density at radius 1 is 1.26 bits per heavy atom. The fraction of sp³-hybridized carbons (Fsp3) is 0.435. The summed E-state index contributed by atoms with van der Waals surface area (Å²) >= 11 is 6.80. The van der Waals surface area contributed by atoms with Gasteiger partial charge in [0, 0.05) is 43.6 Å². The van der Waals surface area contributed by atoms with Crippen LogP contribution in [-0.2, 0) is 28.5 Å². The van der Waals surface area contributed by atoms with Crippen LogP contribution in [0.4, 0.5) is 0 Å². The van der Waals surface area contributed by atoms with Crippen molar-refractivity contribution in [1.29, 1.82) is 0 Å². The molecule has 31 heavy (non-hydrogen) atoms. The number of aliphatic imine (C=N–C) groups is 1. The highest BCUT2D eigenvalue weighted by atomic mass is 35.5. The minimum absolute atomic E-state index is 0.0250. The molecule has 2 N–H and O–H groups in total. The van der Waals surface area contributed by atoms with Gasteiger partial charge in [-0.15, -0.1) is 0 Å². The fourth-order valence-corrected chi connectivity index (χ4v) is 4.79. The molecule has 164 valence electrons. The molecule has 2 aliphatic rings. The van der Waals surface area contributed by atoms with Crippen molar-refractivity contribution in [2.75, 3.05) is 13.2 Å². The third-order valence-corrected chi connectivity index (χ3v) is 6.60. The van der Waals surface area contributed by atoms with E-state index in [1.165, 1.54) is 4.57 Å². The van der Waals surface area contributed by atoms with Crippen molar-refractivity contribution in [2.24, 2.45) is 17.8 Å². The predicted molar refractivity (Wildman–Crippen MR) is 120 cm³/mol. The molecule has 1 aromatic heterocycles. The third-order valence-electron chi connectivity index (χ3n) is 6.15. The lowest BCUT2D eigenvalue weighted by Crippen LogP contribution is -2.55. The Hall–Kier alpha value is -2.64. The molecule has 1 atom stereocenters.